The van der Waals surface area contributed by atoms with Crippen LogP contribution in [-0.2, 0) is 11.0 Å². The van der Waals surface area contributed by atoms with Gasteiger partial charge >= 0.3 is 0 Å². The van der Waals surface area contributed by atoms with E-state index in [2.05, 4.69) is 81.2 Å². The number of hydrogen-bond acceptors (Lipinski definition) is 7. The van der Waals surface area contributed by atoms with Gasteiger partial charge in [0, 0.05) is 68.4 Å². The molecule has 1 saturated heterocycles. The summed E-state index contributed by atoms with van der Waals surface area (Å²) in [5, 5.41) is 6.32. The number of piperazine rings is 1. The lowest BCUT2D eigenvalue weighted by molar-refractivity contribution is 0.141. The first-order valence-corrected chi connectivity index (χ1v) is 20.0. The highest BCUT2D eigenvalue weighted by molar-refractivity contribution is 6.74. The van der Waals surface area contributed by atoms with Crippen molar-refractivity contribution in [1.29, 1.82) is 0 Å². The van der Waals surface area contributed by atoms with Crippen LogP contribution < -0.4 is 10.9 Å². The minimum atomic E-state index is -1.82. The maximum absolute atomic E-state index is 14.5. The summed E-state index contributed by atoms with van der Waals surface area (Å²) in [6.45, 7) is 19.8. The monoisotopic (exact) mass is 620 g/mol. The fraction of sp³-hybridized carbons (Fsp3) is 0.686. The van der Waals surface area contributed by atoms with Crippen molar-refractivity contribution in [3.63, 3.8) is 0 Å². The first-order valence-electron chi connectivity index (χ1n) is 17.1. The number of nitrogens with one attached hydrogen (secondary N) is 1. The van der Waals surface area contributed by atoms with Crippen molar-refractivity contribution >= 4 is 36.1 Å². The van der Waals surface area contributed by atoms with E-state index in [9.17, 15) is 4.79 Å². The second-order valence-corrected chi connectivity index (χ2v) is 19.6. The third-order valence-corrected chi connectivity index (χ3v) is 14.9. The molecule has 3 aromatic rings. The van der Waals surface area contributed by atoms with Gasteiger partial charge in [-0.05, 0) is 87.1 Å². The quantitative estimate of drug-likeness (QED) is 0.154. The van der Waals surface area contributed by atoms with Gasteiger partial charge in [0.15, 0.2) is 8.32 Å². The van der Waals surface area contributed by atoms with Crippen LogP contribution in [0.2, 0.25) is 18.1 Å². The van der Waals surface area contributed by atoms with Crippen LogP contribution in [0.15, 0.2) is 29.2 Å². The van der Waals surface area contributed by atoms with Crippen molar-refractivity contribution in [2.24, 2.45) is 0 Å². The molecule has 1 aliphatic heterocycles. The number of hydrogen-bond donors (Lipinski definition) is 1. The molecule has 2 aliphatic rings. The van der Waals surface area contributed by atoms with Crippen molar-refractivity contribution in [2.45, 2.75) is 116 Å². The molecule has 44 heavy (non-hydrogen) atoms. The number of rotatable bonds is 9. The first-order chi connectivity index (χ1) is 21.0. The molecule has 1 aromatic carbocycles. The van der Waals surface area contributed by atoms with Crippen LogP contribution in [0.25, 0.3) is 21.8 Å². The molecule has 0 unspecified atom stereocenters. The molecule has 0 radical (unpaired) electrons. The predicted molar refractivity (Wildman–Crippen MR) is 186 cm³/mol. The average molecular weight is 621 g/mol. The smallest absolute Gasteiger partial charge is 0.260 e. The van der Waals surface area contributed by atoms with E-state index in [1.54, 1.807) is 0 Å². The second kappa shape index (κ2) is 14.0. The van der Waals surface area contributed by atoms with Gasteiger partial charge in [0.25, 0.3) is 5.56 Å². The molecule has 0 spiro atoms. The number of nitrogens with zero attached hydrogens (tertiary/aromatic N) is 5. The Labute approximate surface area is 265 Å². The Bertz CT molecular complexity index is 1460. The van der Waals surface area contributed by atoms with Crippen molar-refractivity contribution in [2.75, 3.05) is 45.1 Å². The van der Waals surface area contributed by atoms with Crippen molar-refractivity contribution in [3.05, 3.63) is 40.3 Å². The van der Waals surface area contributed by atoms with E-state index in [1.165, 1.54) is 5.56 Å². The van der Waals surface area contributed by atoms with Gasteiger partial charge in [-0.25, -0.2) is 4.98 Å². The third kappa shape index (κ3) is 7.54. The normalized spacial score (nSPS) is 21.4. The molecule has 2 fully saturated rings. The van der Waals surface area contributed by atoms with E-state index in [1.807, 2.05) is 10.8 Å². The SMILES string of the molecule is CCCCNc1ncc2c3ccc(CN4CCN(C)CC4)cc3c(=O)n([C@H]3CCC[C@H](O[Si](C)(C)C(C)(C)C)CCC3)c2n1. The van der Waals surface area contributed by atoms with Gasteiger partial charge in [-0.2, -0.15) is 4.98 Å². The lowest BCUT2D eigenvalue weighted by atomic mass is 9.94. The van der Waals surface area contributed by atoms with E-state index in [-0.39, 0.29) is 16.6 Å². The minimum Gasteiger partial charge on any atom is -0.414 e. The molecule has 0 amide bonds. The standard InChI is InChI=1S/C35H56N6O2Si/c1-8-9-18-36-34-37-24-31-29-17-16-26(25-40-21-19-39(5)20-22-40)23-30(29)33(42)41(32(31)38-34)27-12-10-14-28(15-11-13-27)43-44(6,7)35(2,3)4/h16-17,23-24,27-28H,8-15,18-22,25H2,1-7H3,(H,36,37,38)/t27-,28-. The fourth-order valence-electron chi connectivity index (χ4n) is 6.56. The zero-order valence-corrected chi connectivity index (χ0v) is 29.4. The highest BCUT2D eigenvalue weighted by Crippen LogP contribution is 2.39. The second-order valence-electron chi connectivity index (χ2n) is 14.9. The molecule has 8 nitrogen and oxygen atoms in total. The zero-order chi connectivity index (χ0) is 31.5. The van der Waals surface area contributed by atoms with E-state index >= 15 is 0 Å². The average Bonchev–Trinajstić information content (AvgIpc) is 2.96. The van der Waals surface area contributed by atoms with Gasteiger partial charge in [-0.1, -0.05) is 46.2 Å². The lowest BCUT2D eigenvalue weighted by Gasteiger charge is -2.40. The first kappa shape index (κ1) is 33.0. The summed E-state index contributed by atoms with van der Waals surface area (Å²) in [5.74, 6) is 0.610. The van der Waals surface area contributed by atoms with Crippen LogP contribution in [0.3, 0.4) is 0 Å². The van der Waals surface area contributed by atoms with Crippen LogP contribution in [0.5, 0.6) is 0 Å². The topological polar surface area (TPSA) is 75.5 Å². The molecular weight excluding hydrogens is 565 g/mol. The highest BCUT2D eigenvalue weighted by atomic mass is 28.4. The Morgan fingerprint density at radius 1 is 1.00 bits per heavy atom. The Balaban J connectivity index is 1.47. The molecule has 3 heterocycles. The number of aromatic nitrogens is 3. The largest absolute Gasteiger partial charge is 0.414 e. The summed E-state index contributed by atoms with van der Waals surface area (Å²) in [6, 6.07) is 6.58. The van der Waals surface area contributed by atoms with Gasteiger partial charge in [0.05, 0.1) is 0 Å². The van der Waals surface area contributed by atoms with Crippen LogP contribution >= 0.6 is 0 Å². The Morgan fingerprint density at radius 3 is 2.36 bits per heavy atom. The Hall–Kier alpha value is -2.33. The number of likely N-dealkylation sites (N-methyl/N-ethyl adjacent to an activating group) is 1. The summed E-state index contributed by atoms with van der Waals surface area (Å²) in [4.78, 5) is 29.1. The molecule has 1 saturated carbocycles. The molecule has 9 heteroatoms. The molecular formula is C35H56N6O2Si. The molecule has 242 valence electrons. The molecule has 1 aliphatic carbocycles. The van der Waals surface area contributed by atoms with E-state index in [4.69, 9.17) is 14.4 Å². The number of benzene rings is 1. The summed E-state index contributed by atoms with van der Waals surface area (Å²) < 4.78 is 8.89. The summed E-state index contributed by atoms with van der Waals surface area (Å²) in [5.41, 5.74) is 2.06. The summed E-state index contributed by atoms with van der Waals surface area (Å²) in [6.07, 6.45) is 10.5. The van der Waals surface area contributed by atoms with E-state index < -0.39 is 8.32 Å². The van der Waals surface area contributed by atoms with Gasteiger partial charge in [0.1, 0.15) is 5.65 Å². The molecule has 1 N–H and O–H groups in total. The van der Waals surface area contributed by atoms with Crippen LogP contribution in [-0.4, -0.2) is 78.5 Å². The van der Waals surface area contributed by atoms with Gasteiger partial charge in [0.2, 0.25) is 5.95 Å². The number of unbranched alkanes of at least 4 members (excludes halogenated alkanes) is 1. The van der Waals surface area contributed by atoms with E-state index in [0.29, 0.717) is 12.1 Å². The Morgan fingerprint density at radius 2 is 1.70 bits per heavy atom. The van der Waals surface area contributed by atoms with Crippen LogP contribution in [0.1, 0.15) is 90.7 Å². The maximum Gasteiger partial charge on any atom is 0.260 e. The summed E-state index contributed by atoms with van der Waals surface area (Å²) in [7, 11) is 0.367. The predicted octanol–water partition coefficient (Wildman–Crippen LogP) is 7.19. The van der Waals surface area contributed by atoms with Crippen LogP contribution in [0, 0.1) is 0 Å². The number of pyridine rings is 1. The molecule has 5 rings (SSSR count). The fourth-order valence-corrected chi connectivity index (χ4v) is 7.98. The minimum absolute atomic E-state index is 0.0885. The zero-order valence-electron chi connectivity index (χ0n) is 28.4. The Kier molecular flexibility index (Phi) is 10.5. The van der Waals surface area contributed by atoms with Gasteiger partial charge < -0.3 is 14.6 Å². The van der Waals surface area contributed by atoms with Crippen molar-refractivity contribution in [1.82, 2.24) is 24.3 Å². The number of fused-ring (bicyclic) bond motifs is 3. The van der Waals surface area contributed by atoms with Crippen molar-refractivity contribution in [3.8, 4) is 0 Å². The number of anilines is 1. The lowest BCUT2D eigenvalue weighted by Crippen LogP contribution is -2.44. The van der Waals surface area contributed by atoms with Crippen molar-refractivity contribution < 1.29 is 4.43 Å². The van der Waals surface area contributed by atoms with Crippen LogP contribution in [0.4, 0.5) is 5.95 Å². The van der Waals surface area contributed by atoms with Gasteiger partial charge in [-0.3, -0.25) is 14.3 Å². The van der Waals surface area contributed by atoms with E-state index in [0.717, 1.165) is 112 Å². The molecule has 0 bridgehead atoms. The third-order valence-electron chi connectivity index (χ3n) is 10.4. The maximum atomic E-state index is 14.5. The van der Waals surface area contributed by atoms with Gasteiger partial charge in [-0.15, -0.1) is 0 Å². The molecule has 2 aromatic heterocycles. The highest BCUT2D eigenvalue weighted by Gasteiger charge is 2.39. The summed E-state index contributed by atoms with van der Waals surface area (Å²) >= 11 is 0. The molecule has 0 atom stereocenters.